The van der Waals surface area contributed by atoms with Gasteiger partial charge in [-0.15, -0.1) is 0 Å². The number of ether oxygens (including phenoxy) is 1. The first kappa shape index (κ1) is 14.9. The first-order chi connectivity index (χ1) is 9.09. The van der Waals surface area contributed by atoms with Crippen LogP contribution in [0.4, 0.5) is 9.18 Å². The van der Waals surface area contributed by atoms with E-state index in [4.69, 9.17) is 9.84 Å². The van der Waals surface area contributed by atoms with Gasteiger partial charge in [-0.05, 0) is 6.07 Å². The summed E-state index contributed by atoms with van der Waals surface area (Å²) in [4.78, 5) is 21.4. The zero-order valence-electron chi connectivity index (χ0n) is 10.2. The largest absolute Gasteiger partial charge is 0.480 e. The number of carbonyl (C=O) groups excluding carboxylic acids is 1. The van der Waals surface area contributed by atoms with Crippen LogP contribution in [-0.4, -0.2) is 36.9 Å². The summed E-state index contributed by atoms with van der Waals surface area (Å²) in [6.45, 7) is -0.0528. The molecule has 0 bridgehead atoms. The standard InChI is InChI=1S/C12H15FN2O4/c13-10-4-2-1-3-9(10)7-15-12(18)14-5-6-19-8-11(16)17/h1-4H,5-8H2,(H,16,17)(H2,14,15,18). The van der Waals surface area contributed by atoms with Crippen molar-refractivity contribution in [1.29, 1.82) is 0 Å². The van der Waals surface area contributed by atoms with Crippen molar-refractivity contribution < 1.29 is 23.8 Å². The fourth-order valence-electron chi connectivity index (χ4n) is 1.28. The highest BCUT2D eigenvalue weighted by Gasteiger charge is 2.03. The number of carbonyl (C=O) groups is 2. The molecule has 1 aromatic carbocycles. The maximum Gasteiger partial charge on any atom is 0.329 e. The van der Waals surface area contributed by atoms with Crippen molar-refractivity contribution in [3.05, 3.63) is 35.6 Å². The van der Waals surface area contributed by atoms with Gasteiger partial charge in [0.2, 0.25) is 0 Å². The molecule has 1 aromatic rings. The van der Waals surface area contributed by atoms with E-state index >= 15 is 0 Å². The minimum absolute atomic E-state index is 0.0779. The molecule has 0 saturated carbocycles. The Kier molecular flexibility index (Phi) is 6.31. The minimum atomic E-state index is -1.07. The number of urea groups is 1. The van der Waals surface area contributed by atoms with Crippen LogP contribution >= 0.6 is 0 Å². The molecule has 6 nitrogen and oxygen atoms in total. The van der Waals surface area contributed by atoms with Gasteiger partial charge in [-0.25, -0.2) is 14.0 Å². The van der Waals surface area contributed by atoms with Crippen LogP contribution < -0.4 is 10.6 Å². The van der Waals surface area contributed by atoms with Gasteiger partial charge in [-0.1, -0.05) is 18.2 Å². The molecule has 0 radical (unpaired) electrons. The van der Waals surface area contributed by atoms with Crippen molar-refractivity contribution in [2.24, 2.45) is 0 Å². The van der Waals surface area contributed by atoms with E-state index in [1.165, 1.54) is 6.07 Å². The molecule has 0 heterocycles. The van der Waals surface area contributed by atoms with Gasteiger partial charge in [-0.2, -0.15) is 0 Å². The Hall–Kier alpha value is -2.15. The van der Waals surface area contributed by atoms with E-state index in [-0.39, 0.29) is 25.5 Å². The number of benzene rings is 1. The minimum Gasteiger partial charge on any atom is -0.480 e. The van der Waals surface area contributed by atoms with Crippen molar-refractivity contribution >= 4 is 12.0 Å². The Morgan fingerprint density at radius 1 is 1.26 bits per heavy atom. The monoisotopic (exact) mass is 270 g/mol. The van der Waals surface area contributed by atoms with Crippen LogP contribution in [0.5, 0.6) is 0 Å². The smallest absolute Gasteiger partial charge is 0.329 e. The summed E-state index contributed by atoms with van der Waals surface area (Å²) in [6, 6.07) is 5.67. The van der Waals surface area contributed by atoms with Gasteiger partial charge in [0.25, 0.3) is 0 Å². The van der Waals surface area contributed by atoms with Crippen molar-refractivity contribution in [2.75, 3.05) is 19.8 Å². The predicted molar refractivity (Wildman–Crippen MR) is 65.1 cm³/mol. The third kappa shape index (κ3) is 6.37. The van der Waals surface area contributed by atoms with Gasteiger partial charge in [0.1, 0.15) is 12.4 Å². The number of rotatable bonds is 7. The summed E-state index contributed by atoms with van der Waals surface area (Å²) >= 11 is 0. The van der Waals surface area contributed by atoms with E-state index in [1.54, 1.807) is 18.2 Å². The van der Waals surface area contributed by atoms with E-state index in [0.717, 1.165) is 0 Å². The lowest BCUT2D eigenvalue weighted by molar-refractivity contribution is -0.142. The molecule has 0 aliphatic rings. The quantitative estimate of drug-likeness (QED) is 0.637. The zero-order valence-corrected chi connectivity index (χ0v) is 10.2. The van der Waals surface area contributed by atoms with Gasteiger partial charge >= 0.3 is 12.0 Å². The molecule has 0 atom stereocenters. The average molecular weight is 270 g/mol. The van der Waals surface area contributed by atoms with E-state index in [2.05, 4.69) is 10.6 Å². The van der Waals surface area contributed by atoms with Crippen molar-refractivity contribution in [1.82, 2.24) is 10.6 Å². The molecule has 0 unspecified atom stereocenters. The second-order valence-corrected chi connectivity index (χ2v) is 3.65. The van der Waals surface area contributed by atoms with Crippen LogP contribution in [0.1, 0.15) is 5.56 Å². The summed E-state index contributed by atoms with van der Waals surface area (Å²) in [7, 11) is 0. The topological polar surface area (TPSA) is 87.7 Å². The highest BCUT2D eigenvalue weighted by atomic mass is 19.1. The molecular formula is C12H15FN2O4. The molecule has 3 N–H and O–H groups in total. The third-order valence-corrected chi connectivity index (χ3v) is 2.15. The summed E-state index contributed by atoms with van der Waals surface area (Å²) < 4.78 is 17.9. The van der Waals surface area contributed by atoms with Gasteiger partial charge in [0.15, 0.2) is 0 Å². The van der Waals surface area contributed by atoms with Crippen molar-refractivity contribution in [3.63, 3.8) is 0 Å². The van der Waals surface area contributed by atoms with Gasteiger partial charge in [-0.3, -0.25) is 0 Å². The van der Waals surface area contributed by atoms with Crippen molar-refractivity contribution in [2.45, 2.75) is 6.54 Å². The van der Waals surface area contributed by atoms with Crippen LogP contribution in [0.2, 0.25) is 0 Å². The van der Waals surface area contributed by atoms with E-state index < -0.39 is 18.6 Å². The molecule has 19 heavy (non-hydrogen) atoms. The Labute approximate surface area is 109 Å². The molecule has 0 aliphatic carbocycles. The fraction of sp³-hybridized carbons (Fsp3) is 0.333. The summed E-state index contributed by atoms with van der Waals surface area (Å²) in [5.74, 6) is -1.45. The molecular weight excluding hydrogens is 255 g/mol. The second-order valence-electron chi connectivity index (χ2n) is 3.65. The number of halogens is 1. The lowest BCUT2D eigenvalue weighted by Gasteiger charge is -2.08. The summed E-state index contributed by atoms with van der Waals surface area (Å²) in [5.41, 5.74) is 0.389. The first-order valence-electron chi connectivity index (χ1n) is 5.64. The lowest BCUT2D eigenvalue weighted by Crippen LogP contribution is -2.37. The van der Waals surface area contributed by atoms with E-state index in [0.29, 0.717) is 5.56 Å². The van der Waals surface area contributed by atoms with Crippen molar-refractivity contribution in [3.8, 4) is 0 Å². The number of aliphatic carboxylic acids is 1. The summed E-state index contributed by atoms with van der Waals surface area (Å²) in [5, 5.41) is 13.2. The highest BCUT2D eigenvalue weighted by Crippen LogP contribution is 2.04. The SMILES string of the molecule is O=C(O)COCCNC(=O)NCc1ccccc1F. The van der Waals surface area contributed by atoms with Crippen LogP contribution in [-0.2, 0) is 16.1 Å². The molecule has 104 valence electrons. The Morgan fingerprint density at radius 2 is 2.00 bits per heavy atom. The molecule has 0 spiro atoms. The Bertz CT molecular complexity index is 439. The molecule has 7 heteroatoms. The second kappa shape index (κ2) is 8.04. The Balaban J connectivity index is 2.15. The zero-order chi connectivity index (χ0) is 14.1. The molecule has 2 amide bonds. The molecule has 0 fully saturated rings. The number of amides is 2. The van der Waals surface area contributed by atoms with Crippen LogP contribution in [0.15, 0.2) is 24.3 Å². The average Bonchev–Trinajstić information content (AvgIpc) is 2.37. The maximum absolute atomic E-state index is 13.2. The number of carboxylic acids is 1. The number of hydrogen-bond acceptors (Lipinski definition) is 3. The van der Waals surface area contributed by atoms with Gasteiger partial charge < -0.3 is 20.5 Å². The predicted octanol–water partition coefficient (Wildman–Crippen LogP) is 0.726. The van der Waals surface area contributed by atoms with Gasteiger partial charge in [0.05, 0.1) is 6.61 Å². The van der Waals surface area contributed by atoms with Gasteiger partial charge in [0, 0.05) is 18.7 Å². The molecule has 0 aromatic heterocycles. The lowest BCUT2D eigenvalue weighted by atomic mass is 10.2. The van der Waals surface area contributed by atoms with E-state index in [1.807, 2.05) is 0 Å². The number of hydrogen-bond donors (Lipinski definition) is 3. The highest BCUT2D eigenvalue weighted by molar-refractivity contribution is 5.73. The van der Waals surface area contributed by atoms with Crippen LogP contribution in [0.25, 0.3) is 0 Å². The fourth-order valence-corrected chi connectivity index (χ4v) is 1.28. The number of carboxylic acid groups (broad SMARTS) is 1. The van der Waals surface area contributed by atoms with Crippen LogP contribution in [0.3, 0.4) is 0 Å². The number of nitrogens with one attached hydrogen (secondary N) is 2. The molecule has 0 saturated heterocycles. The maximum atomic E-state index is 13.2. The molecule has 0 aliphatic heterocycles. The first-order valence-corrected chi connectivity index (χ1v) is 5.64. The molecule has 1 rings (SSSR count). The third-order valence-electron chi connectivity index (χ3n) is 2.15. The normalized spacial score (nSPS) is 9.95. The van der Waals surface area contributed by atoms with Crippen LogP contribution in [0, 0.1) is 5.82 Å². The summed E-state index contributed by atoms with van der Waals surface area (Å²) in [6.07, 6.45) is 0. The van der Waals surface area contributed by atoms with E-state index in [9.17, 15) is 14.0 Å². The Morgan fingerprint density at radius 3 is 2.68 bits per heavy atom.